The first-order chi connectivity index (χ1) is 17.4. The molecule has 2 fully saturated rings. The number of rotatable bonds is 6. The van der Waals surface area contributed by atoms with E-state index in [1.54, 1.807) is 19.2 Å². The summed E-state index contributed by atoms with van der Waals surface area (Å²) in [7, 11) is 3.80. The fourth-order valence-electron chi connectivity index (χ4n) is 4.95. The van der Waals surface area contributed by atoms with Crippen LogP contribution in [-0.4, -0.2) is 80.3 Å². The van der Waals surface area contributed by atoms with Crippen LogP contribution in [0.4, 0.5) is 15.9 Å². The van der Waals surface area contributed by atoms with E-state index in [9.17, 15) is 9.18 Å². The molecular formula is C27H33FN6O2. The van der Waals surface area contributed by atoms with E-state index in [0.717, 1.165) is 55.2 Å². The first-order valence-corrected chi connectivity index (χ1v) is 12.5. The summed E-state index contributed by atoms with van der Waals surface area (Å²) in [6, 6.07) is 9.02. The van der Waals surface area contributed by atoms with Crippen LogP contribution < -0.4 is 15.1 Å². The molecule has 36 heavy (non-hydrogen) atoms. The second-order valence-corrected chi connectivity index (χ2v) is 9.63. The average Bonchev–Trinajstić information content (AvgIpc) is 3.45. The van der Waals surface area contributed by atoms with E-state index in [2.05, 4.69) is 10.2 Å². The second kappa shape index (κ2) is 10.4. The number of amides is 1. The van der Waals surface area contributed by atoms with Crippen LogP contribution in [0.1, 0.15) is 27.9 Å². The lowest BCUT2D eigenvalue weighted by Gasteiger charge is -2.29. The summed E-state index contributed by atoms with van der Waals surface area (Å²) in [4.78, 5) is 29.2. The zero-order chi connectivity index (χ0) is 25.2. The number of carbonyl (C=O) groups is 1. The Morgan fingerprint density at radius 3 is 2.81 bits per heavy atom. The molecule has 0 saturated carbocycles. The number of ether oxygens (including phenoxy) is 1. The summed E-state index contributed by atoms with van der Waals surface area (Å²) in [6.07, 6.45) is 2.71. The summed E-state index contributed by atoms with van der Waals surface area (Å²) in [5, 5.41) is 3.32. The van der Waals surface area contributed by atoms with Gasteiger partial charge in [0.1, 0.15) is 17.2 Å². The van der Waals surface area contributed by atoms with Gasteiger partial charge in [0, 0.05) is 51.9 Å². The third-order valence-electron chi connectivity index (χ3n) is 7.30. The first kappa shape index (κ1) is 24.4. The molecule has 2 aromatic carbocycles. The minimum Gasteiger partial charge on any atom is -0.378 e. The van der Waals surface area contributed by atoms with Crippen molar-refractivity contribution in [1.82, 2.24) is 20.2 Å². The van der Waals surface area contributed by atoms with E-state index in [1.807, 2.05) is 42.1 Å². The molecule has 9 heteroatoms. The molecule has 1 unspecified atom stereocenters. The monoisotopic (exact) mass is 492 g/mol. The molecule has 1 aromatic heterocycles. The van der Waals surface area contributed by atoms with Crippen molar-refractivity contribution in [3.8, 4) is 0 Å². The molecule has 0 bridgehead atoms. The lowest BCUT2D eigenvalue weighted by molar-refractivity contribution is 0.0744. The van der Waals surface area contributed by atoms with E-state index < -0.39 is 0 Å². The van der Waals surface area contributed by atoms with Gasteiger partial charge in [0.2, 0.25) is 0 Å². The van der Waals surface area contributed by atoms with Gasteiger partial charge in [0.25, 0.3) is 5.91 Å². The SMILES string of the molecule is Cc1c(F)cccc1CN(C)c1cc(C(=O)N(C)C2CCNC2)cc2ncc(N3CCOCC3)nc12. The predicted molar refractivity (Wildman–Crippen MR) is 139 cm³/mol. The van der Waals surface area contributed by atoms with Crippen LogP contribution in [0.3, 0.4) is 0 Å². The van der Waals surface area contributed by atoms with Crippen LogP contribution in [0.15, 0.2) is 36.5 Å². The number of carbonyl (C=O) groups excluding carboxylic acids is 1. The number of aromatic nitrogens is 2. The maximum atomic E-state index is 14.2. The highest BCUT2D eigenvalue weighted by Gasteiger charge is 2.26. The number of likely N-dealkylation sites (N-methyl/N-ethyl adjacent to an activating group) is 1. The number of hydrogen-bond donors (Lipinski definition) is 1. The molecule has 0 aliphatic carbocycles. The maximum Gasteiger partial charge on any atom is 0.254 e. The second-order valence-electron chi connectivity index (χ2n) is 9.63. The molecule has 1 amide bonds. The molecule has 0 radical (unpaired) electrons. The zero-order valence-corrected chi connectivity index (χ0v) is 21.1. The van der Waals surface area contributed by atoms with Crippen molar-refractivity contribution in [2.45, 2.75) is 25.9 Å². The summed E-state index contributed by atoms with van der Waals surface area (Å²) >= 11 is 0. The van der Waals surface area contributed by atoms with Crippen LogP contribution in [0.2, 0.25) is 0 Å². The lowest BCUT2D eigenvalue weighted by Crippen LogP contribution is -2.38. The Bertz CT molecular complexity index is 1260. The van der Waals surface area contributed by atoms with Crippen LogP contribution in [0.25, 0.3) is 11.0 Å². The van der Waals surface area contributed by atoms with Crippen molar-refractivity contribution < 1.29 is 13.9 Å². The van der Waals surface area contributed by atoms with Gasteiger partial charge in [-0.2, -0.15) is 0 Å². The number of hydrogen-bond acceptors (Lipinski definition) is 7. The Morgan fingerprint density at radius 2 is 2.06 bits per heavy atom. The van der Waals surface area contributed by atoms with Gasteiger partial charge in [-0.25, -0.2) is 9.37 Å². The van der Waals surface area contributed by atoms with Crippen molar-refractivity contribution >= 4 is 28.4 Å². The number of nitrogens with one attached hydrogen (secondary N) is 1. The van der Waals surface area contributed by atoms with Crippen molar-refractivity contribution in [1.29, 1.82) is 0 Å². The van der Waals surface area contributed by atoms with Crippen molar-refractivity contribution in [3.05, 3.63) is 59.0 Å². The molecule has 3 heterocycles. The average molecular weight is 493 g/mol. The Labute approximate surface area is 211 Å². The number of anilines is 2. The van der Waals surface area contributed by atoms with Gasteiger partial charge in [0.15, 0.2) is 0 Å². The smallest absolute Gasteiger partial charge is 0.254 e. The molecule has 1 N–H and O–H groups in total. The highest BCUT2D eigenvalue weighted by atomic mass is 19.1. The molecule has 8 nitrogen and oxygen atoms in total. The molecule has 3 aromatic rings. The minimum atomic E-state index is -0.226. The fourth-order valence-corrected chi connectivity index (χ4v) is 4.95. The van der Waals surface area contributed by atoms with Gasteiger partial charge in [-0.15, -0.1) is 0 Å². The topological polar surface area (TPSA) is 73.8 Å². The van der Waals surface area contributed by atoms with E-state index in [0.29, 0.717) is 36.4 Å². The van der Waals surface area contributed by atoms with Crippen molar-refractivity contribution in [3.63, 3.8) is 0 Å². The summed E-state index contributed by atoms with van der Waals surface area (Å²) in [6.45, 7) is 6.79. The van der Waals surface area contributed by atoms with Crippen molar-refractivity contribution in [2.75, 3.05) is 63.3 Å². The maximum absolute atomic E-state index is 14.2. The fraction of sp³-hybridized carbons (Fsp3) is 0.444. The Morgan fingerprint density at radius 1 is 1.25 bits per heavy atom. The molecule has 2 aliphatic rings. The third-order valence-corrected chi connectivity index (χ3v) is 7.30. The zero-order valence-electron chi connectivity index (χ0n) is 21.1. The Hall–Kier alpha value is -3.30. The lowest BCUT2D eigenvalue weighted by atomic mass is 10.1. The van der Waals surface area contributed by atoms with Crippen LogP contribution in [-0.2, 0) is 11.3 Å². The van der Waals surface area contributed by atoms with Crippen molar-refractivity contribution in [2.24, 2.45) is 0 Å². The van der Waals surface area contributed by atoms with E-state index >= 15 is 0 Å². The predicted octanol–water partition coefficient (Wildman–Crippen LogP) is 2.98. The van der Waals surface area contributed by atoms with Gasteiger partial charge in [0.05, 0.1) is 30.6 Å². The Kier molecular flexibility index (Phi) is 7.02. The van der Waals surface area contributed by atoms with Gasteiger partial charge in [-0.05, 0) is 49.2 Å². The molecule has 1 atom stereocenters. The third kappa shape index (κ3) is 4.85. The first-order valence-electron chi connectivity index (χ1n) is 12.5. The van der Waals surface area contributed by atoms with E-state index in [-0.39, 0.29) is 17.8 Å². The summed E-state index contributed by atoms with van der Waals surface area (Å²) in [5.74, 6) is 0.521. The minimum absolute atomic E-state index is 0.0405. The molecular weight excluding hydrogens is 459 g/mol. The summed E-state index contributed by atoms with van der Waals surface area (Å²) in [5.41, 5.74) is 4.25. The molecule has 2 aliphatic heterocycles. The largest absolute Gasteiger partial charge is 0.378 e. The molecule has 2 saturated heterocycles. The number of fused-ring (bicyclic) bond motifs is 1. The van der Waals surface area contributed by atoms with Gasteiger partial charge in [-0.1, -0.05) is 12.1 Å². The van der Waals surface area contributed by atoms with Crippen LogP contribution in [0.5, 0.6) is 0 Å². The van der Waals surface area contributed by atoms with Gasteiger partial charge >= 0.3 is 0 Å². The molecule has 190 valence electrons. The number of nitrogens with zero attached hydrogens (tertiary/aromatic N) is 5. The highest BCUT2D eigenvalue weighted by molar-refractivity contribution is 6.01. The van der Waals surface area contributed by atoms with E-state index in [1.165, 1.54) is 6.07 Å². The number of morpholine rings is 1. The standard InChI is InChI=1S/C27H33FN6O2/c1-18-19(5-4-6-22(18)28)17-32(2)24-14-20(27(35)33(3)21-7-8-29-15-21)13-23-26(24)31-25(16-30-23)34-9-11-36-12-10-34/h4-6,13-14,16,21,29H,7-12,15,17H2,1-3H3. The number of halogens is 1. The Balaban J connectivity index is 1.55. The summed E-state index contributed by atoms with van der Waals surface area (Å²) < 4.78 is 19.7. The quantitative estimate of drug-likeness (QED) is 0.567. The highest BCUT2D eigenvalue weighted by Crippen LogP contribution is 2.30. The van der Waals surface area contributed by atoms with Crippen LogP contribution >= 0.6 is 0 Å². The number of benzene rings is 2. The van der Waals surface area contributed by atoms with Crippen LogP contribution in [0, 0.1) is 12.7 Å². The normalized spacial score (nSPS) is 18.0. The van der Waals surface area contributed by atoms with Gasteiger partial charge in [-0.3, -0.25) is 9.78 Å². The van der Waals surface area contributed by atoms with Gasteiger partial charge < -0.3 is 24.8 Å². The van der Waals surface area contributed by atoms with E-state index in [4.69, 9.17) is 14.7 Å². The molecule has 0 spiro atoms. The molecule has 5 rings (SSSR count).